The summed E-state index contributed by atoms with van der Waals surface area (Å²) in [6.07, 6.45) is -20.5. The summed E-state index contributed by atoms with van der Waals surface area (Å²) in [7, 11) is 0. The van der Waals surface area contributed by atoms with Crippen molar-refractivity contribution in [3.63, 3.8) is 0 Å². The minimum Gasteiger partial charge on any atom is -0.192 e. The lowest BCUT2D eigenvalue weighted by molar-refractivity contribution is -0.451. The fourth-order valence-corrected chi connectivity index (χ4v) is 0.750. The molecule has 0 amide bonds. The molecule has 0 rings (SSSR count). The number of hydrogen-bond acceptors (Lipinski definition) is 0. The van der Waals surface area contributed by atoms with Crippen molar-refractivity contribution in [1.82, 2.24) is 0 Å². The van der Waals surface area contributed by atoms with Crippen molar-refractivity contribution in [3.8, 4) is 0 Å². The molecule has 0 fully saturated rings. The van der Waals surface area contributed by atoms with Crippen LogP contribution in [0.3, 0.4) is 0 Å². The molecule has 0 aliphatic heterocycles. The standard InChI is InChI=1S/C6F14.CF4/c7-1(8,3(11,12)5(15,16)17)2(9,10)4(13,14)6(18,19)20;2-1(3,4)5. The van der Waals surface area contributed by atoms with E-state index < -0.39 is 42.5 Å². The van der Waals surface area contributed by atoms with Gasteiger partial charge >= 0.3 is 42.5 Å². The number of alkyl halides is 18. The molecule has 0 N–H and O–H groups in total. The highest BCUT2D eigenvalue weighted by molar-refractivity contribution is 5.08. The fraction of sp³-hybridized carbons (Fsp3) is 1.00. The number of hydrogen-bond donors (Lipinski definition) is 0. The first-order valence-electron chi connectivity index (χ1n) is 4.65. The van der Waals surface area contributed by atoms with E-state index in [4.69, 9.17) is 0 Å². The summed E-state index contributed by atoms with van der Waals surface area (Å²) in [6, 6.07) is 0. The van der Waals surface area contributed by atoms with Crippen LogP contribution in [-0.2, 0) is 0 Å². The summed E-state index contributed by atoms with van der Waals surface area (Å²) < 4.78 is 205. The molecular weight excluding hydrogens is 426 g/mol. The van der Waals surface area contributed by atoms with Crippen molar-refractivity contribution in [3.05, 3.63) is 0 Å². The monoisotopic (exact) mass is 426 g/mol. The molecule has 25 heavy (non-hydrogen) atoms. The molecule has 0 aliphatic carbocycles. The summed E-state index contributed by atoms with van der Waals surface area (Å²) in [4.78, 5) is 0. The predicted octanol–water partition coefficient (Wildman–Crippen LogP) is 6.13. The van der Waals surface area contributed by atoms with Crippen molar-refractivity contribution in [1.29, 1.82) is 0 Å². The zero-order valence-corrected chi connectivity index (χ0v) is 10.3. The van der Waals surface area contributed by atoms with Crippen LogP contribution < -0.4 is 0 Å². The first kappa shape index (κ1) is 26.0. The lowest BCUT2D eigenvalue weighted by Gasteiger charge is -2.37. The third-order valence-corrected chi connectivity index (χ3v) is 1.90. The Hall–Kier alpha value is -1.26. The SMILES string of the molecule is FC(F)(F)C(F)(F)C(F)(F)C(F)(F)C(F)(F)C(F)(F)F.FC(F)(F)F. The Morgan fingerprint density at radius 3 is 0.440 bits per heavy atom. The van der Waals surface area contributed by atoms with E-state index in [0.29, 0.717) is 0 Å². The molecule has 154 valence electrons. The Labute approximate surface area is 123 Å². The van der Waals surface area contributed by atoms with Crippen LogP contribution in [0.15, 0.2) is 0 Å². The van der Waals surface area contributed by atoms with Crippen LogP contribution in [0.4, 0.5) is 79.0 Å². The molecule has 0 aromatic heterocycles. The van der Waals surface area contributed by atoms with Crippen LogP contribution in [0.25, 0.3) is 0 Å². The van der Waals surface area contributed by atoms with Gasteiger partial charge in [-0.25, -0.2) is 0 Å². The van der Waals surface area contributed by atoms with Gasteiger partial charge in [0.05, 0.1) is 0 Å². The smallest absolute Gasteiger partial charge is 0.192 e. The molecule has 0 spiro atoms. The first-order chi connectivity index (χ1) is 10.2. The Kier molecular flexibility index (Phi) is 6.73. The predicted molar refractivity (Wildman–Crippen MR) is 39.1 cm³/mol. The second kappa shape index (κ2) is 6.48. The highest BCUT2D eigenvalue weighted by Crippen LogP contribution is 2.60. The van der Waals surface area contributed by atoms with E-state index in [9.17, 15) is 79.0 Å². The molecule has 0 nitrogen and oxygen atoms in total. The average Bonchev–Trinajstić information content (AvgIpc) is 2.22. The molecule has 0 aliphatic rings. The Morgan fingerprint density at radius 1 is 0.240 bits per heavy atom. The van der Waals surface area contributed by atoms with E-state index in [-0.39, 0.29) is 0 Å². The zero-order chi connectivity index (χ0) is 21.5. The van der Waals surface area contributed by atoms with Gasteiger partial charge in [-0.1, -0.05) is 0 Å². The molecule has 0 bridgehead atoms. The minimum atomic E-state index is -8.04. The molecule has 0 unspecified atom stereocenters. The maximum atomic E-state index is 12.3. The maximum Gasteiger partial charge on any atom is 0.559 e. The van der Waals surface area contributed by atoms with Gasteiger partial charge in [-0.2, -0.15) is 61.5 Å². The Bertz CT molecular complexity index is 388. The van der Waals surface area contributed by atoms with Gasteiger partial charge in [-0.05, 0) is 0 Å². The van der Waals surface area contributed by atoms with Gasteiger partial charge in [0.2, 0.25) is 0 Å². The first-order valence-corrected chi connectivity index (χ1v) is 4.65. The van der Waals surface area contributed by atoms with Crippen molar-refractivity contribution < 1.29 is 79.0 Å². The van der Waals surface area contributed by atoms with Crippen molar-refractivity contribution in [2.75, 3.05) is 0 Å². The Balaban J connectivity index is 0. The average molecular weight is 426 g/mol. The largest absolute Gasteiger partial charge is 0.559 e. The molecule has 18 heteroatoms. The van der Waals surface area contributed by atoms with Crippen molar-refractivity contribution >= 4 is 0 Å². The van der Waals surface area contributed by atoms with E-state index in [1.54, 1.807) is 0 Å². The summed E-state index contributed by atoms with van der Waals surface area (Å²) >= 11 is 0. The van der Waals surface area contributed by atoms with E-state index in [2.05, 4.69) is 0 Å². The third kappa shape index (κ3) is 5.11. The topological polar surface area (TPSA) is 0 Å². The molecule has 0 aromatic rings. The second-order valence-corrected chi connectivity index (χ2v) is 3.72. The van der Waals surface area contributed by atoms with Gasteiger partial charge in [-0.3, -0.25) is 0 Å². The maximum absolute atomic E-state index is 12.3. The number of rotatable bonds is 3. The summed E-state index contributed by atoms with van der Waals surface area (Å²) in [5.74, 6) is -31.7. The van der Waals surface area contributed by atoms with E-state index in [1.807, 2.05) is 0 Å². The summed E-state index contributed by atoms with van der Waals surface area (Å²) in [5, 5.41) is 0. The van der Waals surface area contributed by atoms with E-state index in [0.717, 1.165) is 0 Å². The van der Waals surface area contributed by atoms with Crippen LogP contribution in [0, 0.1) is 0 Å². The van der Waals surface area contributed by atoms with E-state index >= 15 is 0 Å². The molecule has 0 saturated heterocycles. The number of halogens is 18. The van der Waals surface area contributed by atoms with Crippen LogP contribution in [0.5, 0.6) is 0 Å². The fourth-order valence-electron chi connectivity index (χ4n) is 0.750. The third-order valence-electron chi connectivity index (χ3n) is 1.90. The highest BCUT2D eigenvalue weighted by atomic mass is 19.5. The van der Waals surface area contributed by atoms with Crippen LogP contribution in [-0.4, -0.2) is 42.5 Å². The van der Waals surface area contributed by atoms with Gasteiger partial charge < -0.3 is 0 Å². The van der Waals surface area contributed by atoms with Crippen LogP contribution in [0.1, 0.15) is 0 Å². The highest BCUT2D eigenvalue weighted by Gasteiger charge is 2.91. The molecule has 0 saturated carbocycles. The molecule has 0 aromatic carbocycles. The quantitative estimate of drug-likeness (QED) is 0.477. The molecular formula is C7F18. The lowest BCUT2D eigenvalue weighted by atomic mass is 9.98. The van der Waals surface area contributed by atoms with Gasteiger partial charge in [0.15, 0.2) is 0 Å². The summed E-state index contributed by atoms with van der Waals surface area (Å²) in [6.45, 7) is 0. The van der Waals surface area contributed by atoms with Gasteiger partial charge in [-0.15, -0.1) is 17.6 Å². The van der Waals surface area contributed by atoms with Crippen LogP contribution in [0.2, 0.25) is 0 Å². The van der Waals surface area contributed by atoms with Gasteiger partial charge in [0, 0.05) is 0 Å². The second-order valence-electron chi connectivity index (χ2n) is 3.72. The molecule has 0 atom stereocenters. The summed E-state index contributed by atoms with van der Waals surface area (Å²) in [5.41, 5.74) is 0. The normalized spacial score (nSPS) is 15.6. The minimum absolute atomic E-state index is 5.50. The van der Waals surface area contributed by atoms with Crippen molar-refractivity contribution in [2.24, 2.45) is 0 Å². The van der Waals surface area contributed by atoms with Gasteiger partial charge in [0.25, 0.3) is 0 Å². The lowest BCUT2D eigenvalue weighted by Crippen LogP contribution is -2.69. The Morgan fingerprint density at radius 2 is 0.360 bits per heavy atom. The molecule has 0 heterocycles. The van der Waals surface area contributed by atoms with E-state index in [1.165, 1.54) is 0 Å². The zero-order valence-electron chi connectivity index (χ0n) is 10.3. The van der Waals surface area contributed by atoms with Crippen molar-refractivity contribution in [2.45, 2.75) is 42.5 Å². The van der Waals surface area contributed by atoms with Gasteiger partial charge in [0.1, 0.15) is 0 Å². The van der Waals surface area contributed by atoms with Crippen LogP contribution >= 0.6 is 0 Å². The molecule has 0 radical (unpaired) electrons.